The molecule has 1 aromatic heterocycles. The van der Waals surface area contributed by atoms with Gasteiger partial charge in [-0.25, -0.2) is 0 Å². The lowest BCUT2D eigenvalue weighted by molar-refractivity contribution is 0.590. The Morgan fingerprint density at radius 2 is 1.67 bits per heavy atom. The predicted octanol–water partition coefficient (Wildman–Crippen LogP) is 4.41. The molecule has 0 unspecified atom stereocenters. The van der Waals surface area contributed by atoms with Crippen molar-refractivity contribution in [2.24, 2.45) is 0 Å². The van der Waals surface area contributed by atoms with Gasteiger partial charge in [-0.3, -0.25) is 0 Å². The van der Waals surface area contributed by atoms with E-state index in [9.17, 15) is 5.26 Å². The molecule has 108 valence electrons. The van der Waals surface area contributed by atoms with E-state index in [2.05, 4.69) is 61.3 Å². The first-order valence-electron chi connectivity index (χ1n) is 6.85. The number of hydrogen-bond donors (Lipinski definition) is 0. The highest BCUT2D eigenvalue weighted by molar-refractivity contribution is 7.99. The zero-order valence-corrected chi connectivity index (χ0v) is 13.9. The maximum Gasteiger partial charge on any atom is 0.142 e. The van der Waals surface area contributed by atoms with E-state index in [1.165, 1.54) is 17.3 Å². The molecule has 0 amide bonds. The molecule has 0 bridgehead atoms. The first-order valence-corrected chi connectivity index (χ1v) is 7.67. The molecule has 21 heavy (non-hydrogen) atoms. The number of rotatable bonds is 2. The fourth-order valence-corrected chi connectivity index (χ4v) is 2.80. The van der Waals surface area contributed by atoms with Crippen molar-refractivity contribution in [3.8, 4) is 6.07 Å². The third-order valence-corrected chi connectivity index (χ3v) is 4.46. The molecule has 0 aliphatic heterocycles. The monoisotopic (exact) mass is 297 g/mol. The van der Waals surface area contributed by atoms with Crippen molar-refractivity contribution in [3.05, 3.63) is 46.6 Å². The van der Waals surface area contributed by atoms with E-state index in [1.54, 1.807) is 0 Å². The van der Waals surface area contributed by atoms with Gasteiger partial charge in [0.1, 0.15) is 11.1 Å². The van der Waals surface area contributed by atoms with Gasteiger partial charge in [0.05, 0.1) is 11.3 Å². The summed E-state index contributed by atoms with van der Waals surface area (Å²) in [6.45, 7) is 10.4. The van der Waals surface area contributed by atoms with Crippen molar-refractivity contribution < 1.29 is 0 Å². The van der Waals surface area contributed by atoms with Crippen LogP contribution in [0.1, 0.15) is 43.2 Å². The molecule has 0 N–H and O–H groups in total. The maximum atomic E-state index is 9.32. The van der Waals surface area contributed by atoms with Gasteiger partial charge in [0.15, 0.2) is 0 Å². The molecule has 0 radical (unpaired) electrons. The summed E-state index contributed by atoms with van der Waals surface area (Å²) in [7, 11) is 0. The van der Waals surface area contributed by atoms with Crippen molar-refractivity contribution in [2.75, 3.05) is 0 Å². The van der Waals surface area contributed by atoms with Gasteiger partial charge in [0.2, 0.25) is 0 Å². The summed E-state index contributed by atoms with van der Waals surface area (Å²) in [6.07, 6.45) is 0. The molecule has 2 aromatic rings. The number of benzene rings is 1. The Kier molecular flexibility index (Phi) is 4.34. The Labute approximate surface area is 130 Å². The highest BCUT2D eigenvalue weighted by Gasteiger charge is 2.15. The van der Waals surface area contributed by atoms with E-state index in [4.69, 9.17) is 0 Å². The molecule has 1 heterocycles. The number of nitriles is 1. The molecule has 0 aliphatic rings. The summed E-state index contributed by atoms with van der Waals surface area (Å²) in [5.74, 6) is 0. The Morgan fingerprint density at radius 1 is 1.05 bits per heavy atom. The first kappa shape index (κ1) is 15.5. The van der Waals surface area contributed by atoms with Gasteiger partial charge in [-0.15, -0.1) is 5.10 Å². The second-order valence-corrected chi connectivity index (χ2v) is 7.14. The minimum atomic E-state index is 0.140. The van der Waals surface area contributed by atoms with Crippen LogP contribution in [0, 0.1) is 25.2 Å². The fourth-order valence-electron chi connectivity index (χ4n) is 1.92. The molecular weight excluding hydrogens is 278 g/mol. The van der Waals surface area contributed by atoms with Crippen molar-refractivity contribution in [1.29, 1.82) is 5.26 Å². The van der Waals surface area contributed by atoms with Crippen molar-refractivity contribution >= 4 is 11.8 Å². The van der Waals surface area contributed by atoms with E-state index in [0.717, 1.165) is 16.2 Å². The molecule has 0 fully saturated rings. The van der Waals surface area contributed by atoms with Crippen LogP contribution < -0.4 is 0 Å². The fraction of sp³-hybridized carbons (Fsp3) is 0.353. The highest BCUT2D eigenvalue weighted by atomic mass is 32.2. The average Bonchev–Trinajstić information content (AvgIpc) is 2.43. The topological polar surface area (TPSA) is 49.6 Å². The van der Waals surface area contributed by atoms with Crippen LogP contribution in [-0.4, -0.2) is 10.2 Å². The van der Waals surface area contributed by atoms with Gasteiger partial charge in [-0.05, 0) is 42.5 Å². The number of aromatic nitrogens is 2. The molecule has 0 saturated heterocycles. The van der Waals surface area contributed by atoms with Crippen LogP contribution in [0.3, 0.4) is 0 Å². The van der Waals surface area contributed by atoms with Gasteiger partial charge in [0.25, 0.3) is 0 Å². The second-order valence-electron chi connectivity index (χ2n) is 6.08. The molecule has 0 aliphatic carbocycles. The van der Waals surface area contributed by atoms with Crippen LogP contribution in [0.4, 0.5) is 0 Å². The third-order valence-electron chi connectivity index (χ3n) is 3.47. The minimum absolute atomic E-state index is 0.140. The van der Waals surface area contributed by atoms with E-state index >= 15 is 0 Å². The molecule has 0 saturated carbocycles. The number of aryl methyl sites for hydroxylation is 1. The lowest BCUT2D eigenvalue weighted by Crippen LogP contribution is -2.10. The van der Waals surface area contributed by atoms with Crippen LogP contribution in [-0.2, 0) is 5.41 Å². The van der Waals surface area contributed by atoms with E-state index in [-0.39, 0.29) is 5.41 Å². The first-order chi connectivity index (χ1) is 9.82. The largest absolute Gasteiger partial charge is 0.192 e. The SMILES string of the molecule is Cc1nnc(Sc2ccc(C(C)(C)C)cc2)c(C#N)c1C. The van der Waals surface area contributed by atoms with Gasteiger partial charge in [-0.2, -0.15) is 10.4 Å². The average molecular weight is 297 g/mol. The molecule has 3 nitrogen and oxygen atoms in total. The van der Waals surface area contributed by atoms with Crippen LogP contribution >= 0.6 is 11.8 Å². The van der Waals surface area contributed by atoms with Crippen molar-refractivity contribution in [3.63, 3.8) is 0 Å². The van der Waals surface area contributed by atoms with Gasteiger partial charge >= 0.3 is 0 Å². The van der Waals surface area contributed by atoms with Crippen molar-refractivity contribution in [2.45, 2.75) is 50.0 Å². The zero-order valence-electron chi connectivity index (χ0n) is 13.1. The van der Waals surface area contributed by atoms with Crippen LogP contribution in [0.25, 0.3) is 0 Å². The number of hydrogen-bond acceptors (Lipinski definition) is 4. The Balaban J connectivity index is 2.31. The van der Waals surface area contributed by atoms with Crippen LogP contribution in [0.15, 0.2) is 34.2 Å². The molecule has 1 aromatic carbocycles. The molecule has 0 spiro atoms. The lowest BCUT2D eigenvalue weighted by atomic mass is 9.87. The number of nitrogens with zero attached hydrogens (tertiary/aromatic N) is 3. The molecule has 4 heteroatoms. The maximum absolute atomic E-state index is 9.32. The van der Waals surface area contributed by atoms with Gasteiger partial charge < -0.3 is 0 Å². The summed E-state index contributed by atoms with van der Waals surface area (Å²) in [5.41, 5.74) is 3.76. The Bertz CT molecular complexity index is 692. The Morgan fingerprint density at radius 3 is 2.19 bits per heavy atom. The third kappa shape index (κ3) is 3.43. The summed E-state index contributed by atoms with van der Waals surface area (Å²) in [5, 5.41) is 18.3. The lowest BCUT2D eigenvalue weighted by Gasteiger charge is -2.19. The molecular formula is C17H19N3S. The van der Waals surface area contributed by atoms with E-state index in [1.807, 2.05) is 13.8 Å². The van der Waals surface area contributed by atoms with Crippen molar-refractivity contribution in [1.82, 2.24) is 10.2 Å². The summed E-state index contributed by atoms with van der Waals surface area (Å²) in [4.78, 5) is 1.07. The summed E-state index contributed by atoms with van der Waals surface area (Å²) >= 11 is 1.48. The highest BCUT2D eigenvalue weighted by Crippen LogP contribution is 2.31. The Hall–Kier alpha value is -1.86. The molecule has 0 atom stereocenters. The standard InChI is InChI=1S/C17H19N3S/c1-11-12(2)19-20-16(15(11)10-18)21-14-8-6-13(7-9-14)17(3,4)5/h6-9H,1-5H3. The van der Waals surface area contributed by atoms with Gasteiger partial charge in [-0.1, -0.05) is 44.7 Å². The van der Waals surface area contributed by atoms with E-state index in [0.29, 0.717) is 10.6 Å². The minimum Gasteiger partial charge on any atom is -0.192 e. The predicted molar refractivity (Wildman–Crippen MR) is 85.5 cm³/mol. The van der Waals surface area contributed by atoms with Gasteiger partial charge in [0, 0.05) is 4.90 Å². The zero-order chi connectivity index (χ0) is 15.6. The smallest absolute Gasteiger partial charge is 0.142 e. The molecule has 2 rings (SSSR count). The second kappa shape index (κ2) is 5.87. The van der Waals surface area contributed by atoms with Crippen LogP contribution in [0.5, 0.6) is 0 Å². The van der Waals surface area contributed by atoms with E-state index < -0.39 is 0 Å². The van der Waals surface area contributed by atoms with Crippen LogP contribution in [0.2, 0.25) is 0 Å². The summed E-state index contributed by atoms with van der Waals surface area (Å²) in [6, 6.07) is 10.6. The summed E-state index contributed by atoms with van der Waals surface area (Å²) < 4.78 is 0. The quantitative estimate of drug-likeness (QED) is 0.823. The normalized spacial score (nSPS) is 11.2.